The number of pyridine rings is 1. The zero-order chi connectivity index (χ0) is 14.2. The van der Waals surface area contributed by atoms with Crippen LogP contribution in [0.2, 0.25) is 0 Å². The number of nitrogen functional groups attached to an aromatic ring is 1. The molecule has 0 spiro atoms. The van der Waals surface area contributed by atoms with Gasteiger partial charge in [-0.25, -0.2) is 0 Å². The molecule has 0 aliphatic heterocycles. The van der Waals surface area contributed by atoms with E-state index in [2.05, 4.69) is 17.1 Å². The van der Waals surface area contributed by atoms with E-state index in [9.17, 15) is 0 Å². The number of unbranched alkanes of at least 4 members (excludes halogenated alkanes) is 5. The van der Waals surface area contributed by atoms with Crippen molar-refractivity contribution in [3.63, 3.8) is 0 Å². The molecule has 108 valence electrons. The van der Waals surface area contributed by atoms with Crippen LogP contribution < -0.4 is 5.73 Å². The summed E-state index contributed by atoms with van der Waals surface area (Å²) < 4.78 is 5.38. The summed E-state index contributed by atoms with van der Waals surface area (Å²) in [4.78, 5) is 4.03. The first-order valence-electron chi connectivity index (χ1n) is 7.47. The van der Waals surface area contributed by atoms with Crippen molar-refractivity contribution in [1.82, 2.24) is 10.1 Å². The molecule has 4 nitrogen and oxygen atoms in total. The smallest absolute Gasteiger partial charge is 0.175 e. The van der Waals surface area contributed by atoms with Gasteiger partial charge in [-0.05, 0) is 24.1 Å². The van der Waals surface area contributed by atoms with E-state index in [-0.39, 0.29) is 0 Å². The predicted octanol–water partition coefficient (Wildman–Crippen LogP) is 4.22. The monoisotopic (exact) mass is 273 g/mol. The lowest BCUT2D eigenvalue weighted by Crippen LogP contribution is -1.91. The number of aromatic nitrogens is 2. The largest absolute Gasteiger partial charge is 0.380 e. The molecule has 0 radical (unpaired) electrons. The van der Waals surface area contributed by atoms with Gasteiger partial charge in [-0.1, -0.05) is 44.2 Å². The normalized spacial score (nSPS) is 10.8. The Hall–Kier alpha value is -1.84. The number of aryl methyl sites for hydroxylation is 1. The Morgan fingerprint density at radius 1 is 1.05 bits per heavy atom. The minimum absolute atomic E-state index is 0.470. The van der Waals surface area contributed by atoms with E-state index in [0.717, 1.165) is 29.7 Å². The Bertz CT molecular complexity index is 508. The van der Waals surface area contributed by atoms with Crippen LogP contribution in [0.25, 0.3) is 11.1 Å². The lowest BCUT2D eigenvalue weighted by molar-refractivity contribution is 0.381. The molecule has 0 fully saturated rings. The second-order valence-corrected chi connectivity index (χ2v) is 5.12. The number of hydrogen-bond acceptors (Lipinski definition) is 4. The molecule has 0 aliphatic carbocycles. The summed E-state index contributed by atoms with van der Waals surface area (Å²) in [7, 11) is 0. The highest BCUT2D eigenvalue weighted by atomic mass is 16.5. The zero-order valence-electron chi connectivity index (χ0n) is 12.1. The van der Waals surface area contributed by atoms with Crippen LogP contribution in [0, 0.1) is 0 Å². The maximum absolute atomic E-state index is 5.92. The molecule has 0 aromatic carbocycles. The SMILES string of the molecule is CCCCCCCCc1onc(N)c1-c1ccncc1. The highest BCUT2D eigenvalue weighted by Crippen LogP contribution is 2.30. The van der Waals surface area contributed by atoms with Gasteiger partial charge < -0.3 is 10.3 Å². The van der Waals surface area contributed by atoms with Crippen LogP contribution in [0.5, 0.6) is 0 Å². The fraction of sp³-hybridized carbons (Fsp3) is 0.500. The van der Waals surface area contributed by atoms with Crippen molar-refractivity contribution >= 4 is 5.82 Å². The first-order chi connectivity index (χ1) is 9.83. The van der Waals surface area contributed by atoms with E-state index >= 15 is 0 Å². The molecule has 0 atom stereocenters. The molecular weight excluding hydrogens is 250 g/mol. The van der Waals surface area contributed by atoms with Gasteiger partial charge in [0.2, 0.25) is 0 Å². The molecule has 2 aromatic heterocycles. The minimum atomic E-state index is 0.470. The van der Waals surface area contributed by atoms with Gasteiger partial charge in [0.25, 0.3) is 0 Å². The van der Waals surface area contributed by atoms with Crippen molar-refractivity contribution < 1.29 is 4.52 Å². The van der Waals surface area contributed by atoms with Crippen molar-refractivity contribution in [1.29, 1.82) is 0 Å². The van der Waals surface area contributed by atoms with Gasteiger partial charge >= 0.3 is 0 Å². The van der Waals surface area contributed by atoms with E-state index < -0.39 is 0 Å². The number of nitrogens with two attached hydrogens (primary N) is 1. The van der Waals surface area contributed by atoms with Gasteiger partial charge in [-0.15, -0.1) is 0 Å². The summed E-state index contributed by atoms with van der Waals surface area (Å²) in [6, 6.07) is 3.88. The van der Waals surface area contributed by atoms with Crippen molar-refractivity contribution in [2.45, 2.75) is 51.9 Å². The van der Waals surface area contributed by atoms with Gasteiger partial charge in [0.15, 0.2) is 5.82 Å². The van der Waals surface area contributed by atoms with Crippen molar-refractivity contribution in [3.05, 3.63) is 30.3 Å². The van der Waals surface area contributed by atoms with Crippen LogP contribution in [0.3, 0.4) is 0 Å². The molecular formula is C16H23N3O. The molecule has 2 heterocycles. The predicted molar refractivity (Wildman–Crippen MR) is 81.2 cm³/mol. The second kappa shape index (κ2) is 7.68. The van der Waals surface area contributed by atoms with Gasteiger partial charge in [-0.2, -0.15) is 0 Å². The third kappa shape index (κ3) is 3.83. The van der Waals surface area contributed by atoms with E-state index in [1.165, 1.54) is 32.1 Å². The Labute approximate surface area is 120 Å². The Morgan fingerprint density at radius 3 is 2.50 bits per heavy atom. The second-order valence-electron chi connectivity index (χ2n) is 5.12. The maximum Gasteiger partial charge on any atom is 0.175 e. The van der Waals surface area contributed by atoms with E-state index in [0.29, 0.717) is 5.82 Å². The van der Waals surface area contributed by atoms with Crippen LogP contribution in [0.4, 0.5) is 5.82 Å². The number of nitrogens with zero attached hydrogens (tertiary/aromatic N) is 2. The highest BCUT2D eigenvalue weighted by Gasteiger charge is 2.15. The Balaban J connectivity index is 1.93. The molecule has 0 bridgehead atoms. The third-order valence-corrected chi connectivity index (χ3v) is 3.52. The highest BCUT2D eigenvalue weighted by molar-refractivity contribution is 5.75. The summed E-state index contributed by atoms with van der Waals surface area (Å²) in [5.74, 6) is 1.36. The fourth-order valence-corrected chi connectivity index (χ4v) is 2.40. The molecule has 4 heteroatoms. The van der Waals surface area contributed by atoms with E-state index in [4.69, 9.17) is 10.3 Å². The van der Waals surface area contributed by atoms with Crippen LogP contribution in [-0.2, 0) is 6.42 Å². The third-order valence-electron chi connectivity index (χ3n) is 3.52. The molecule has 2 N–H and O–H groups in total. The summed E-state index contributed by atoms with van der Waals surface area (Å²) in [6.45, 7) is 2.23. The van der Waals surface area contributed by atoms with Crippen LogP contribution in [0.15, 0.2) is 29.0 Å². The maximum atomic E-state index is 5.92. The molecule has 0 saturated carbocycles. The average Bonchev–Trinajstić information content (AvgIpc) is 2.84. The van der Waals surface area contributed by atoms with Gasteiger partial charge in [0, 0.05) is 18.8 Å². The zero-order valence-corrected chi connectivity index (χ0v) is 12.1. The summed E-state index contributed by atoms with van der Waals surface area (Å²) in [5, 5.41) is 3.90. The summed E-state index contributed by atoms with van der Waals surface area (Å²) in [5.41, 5.74) is 7.88. The first-order valence-corrected chi connectivity index (χ1v) is 7.47. The molecule has 0 unspecified atom stereocenters. The van der Waals surface area contributed by atoms with Crippen molar-refractivity contribution in [2.75, 3.05) is 5.73 Å². The lowest BCUT2D eigenvalue weighted by atomic mass is 10.0. The van der Waals surface area contributed by atoms with E-state index in [1.807, 2.05) is 12.1 Å². The molecule has 20 heavy (non-hydrogen) atoms. The number of hydrogen-bond donors (Lipinski definition) is 1. The first kappa shape index (κ1) is 14.6. The quantitative estimate of drug-likeness (QED) is 0.731. The van der Waals surface area contributed by atoms with Crippen molar-refractivity contribution in [3.8, 4) is 11.1 Å². The molecule has 2 aromatic rings. The number of anilines is 1. The van der Waals surface area contributed by atoms with E-state index in [1.54, 1.807) is 12.4 Å². The Kier molecular flexibility index (Phi) is 5.59. The van der Waals surface area contributed by atoms with Gasteiger partial charge in [0.1, 0.15) is 5.76 Å². The Morgan fingerprint density at radius 2 is 1.75 bits per heavy atom. The molecule has 0 aliphatic rings. The molecule has 0 saturated heterocycles. The van der Waals surface area contributed by atoms with Crippen LogP contribution in [-0.4, -0.2) is 10.1 Å². The van der Waals surface area contributed by atoms with Crippen molar-refractivity contribution in [2.24, 2.45) is 0 Å². The summed E-state index contributed by atoms with van der Waals surface area (Å²) >= 11 is 0. The van der Waals surface area contributed by atoms with Crippen LogP contribution in [0.1, 0.15) is 51.2 Å². The molecule has 0 amide bonds. The lowest BCUT2D eigenvalue weighted by Gasteiger charge is -2.02. The standard InChI is InChI=1S/C16H23N3O/c1-2-3-4-5-6-7-8-14-15(16(17)19-20-14)13-9-11-18-12-10-13/h9-12H,2-8H2,1H3,(H2,17,19). The molecule has 2 rings (SSSR count). The topological polar surface area (TPSA) is 64.9 Å². The van der Waals surface area contributed by atoms with Gasteiger partial charge in [-0.3, -0.25) is 4.98 Å². The minimum Gasteiger partial charge on any atom is -0.380 e. The fourth-order valence-electron chi connectivity index (χ4n) is 2.40. The van der Waals surface area contributed by atoms with Gasteiger partial charge in [0.05, 0.1) is 5.56 Å². The van der Waals surface area contributed by atoms with Crippen LogP contribution >= 0.6 is 0 Å². The average molecular weight is 273 g/mol. The summed E-state index contributed by atoms with van der Waals surface area (Å²) in [6.07, 6.45) is 12.0. The number of rotatable bonds is 8.